The second-order valence-electron chi connectivity index (χ2n) is 8.78. The van der Waals surface area contributed by atoms with E-state index in [2.05, 4.69) is 15.5 Å². The predicted octanol–water partition coefficient (Wildman–Crippen LogP) is 4.97. The molecule has 4 aromatic rings. The van der Waals surface area contributed by atoms with E-state index in [0.29, 0.717) is 53.1 Å². The molecule has 0 unspecified atom stereocenters. The van der Waals surface area contributed by atoms with Crippen molar-refractivity contribution in [3.8, 4) is 5.75 Å². The fourth-order valence-corrected chi connectivity index (χ4v) is 5.05. The van der Waals surface area contributed by atoms with E-state index in [-0.39, 0.29) is 23.5 Å². The summed E-state index contributed by atoms with van der Waals surface area (Å²) in [5.74, 6) is 0.500. The highest BCUT2D eigenvalue weighted by atomic mass is 32.2. The SMILES string of the molecule is COc1ccccc1NC(=O)CSc1nnc(CCCCCN2C(=O)c3cccc4cccc(c34)C2=O)o1. The molecule has 5 rings (SSSR count). The van der Waals surface area contributed by atoms with Gasteiger partial charge < -0.3 is 14.5 Å². The highest BCUT2D eigenvalue weighted by Crippen LogP contribution is 2.30. The van der Waals surface area contributed by atoms with Gasteiger partial charge in [-0.15, -0.1) is 10.2 Å². The van der Waals surface area contributed by atoms with Crippen molar-refractivity contribution in [2.75, 3.05) is 24.7 Å². The Morgan fingerprint density at radius 3 is 2.42 bits per heavy atom. The maximum Gasteiger partial charge on any atom is 0.277 e. The largest absolute Gasteiger partial charge is 0.495 e. The fraction of sp³-hybridized carbons (Fsp3) is 0.250. The van der Waals surface area contributed by atoms with Crippen molar-refractivity contribution in [1.82, 2.24) is 15.1 Å². The number of carbonyl (C=O) groups is 3. The number of ether oxygens (including phenoxy) is 1. The first-order valence-corrected chi connectivity index (χ1v) is 13.3. The van der Waals surface area contributed by atoms with Crippen LogP contribution in [0, 0.1) is 0 Å². The van der Waals surface area contributed by atoms with Crippen molar-refractivity contribution in [2.24, 2.45) is 0 Å². The number of nitrogens with zero attached hydrogens (tertiary/aromatic N) is 3. The molecule has 0 saturated heterocycles. The molecular formula is C28H26N4O5S. The molecule has 1 aliphatic heterocycles. The van der Waals surface area contributed by atoms with Gasteiger partial charge in [-0.1, -0.05) is 54.6 Å². The number of methoxy groups -OCH3 is 1. The summed E-state index contributed by atoms with van der Waals surface area (Å²) in [7, 11) is 1.55. The lowest BCUT2D eigenvalue weighted by Crippen LogP contribution is -2.40. The number of hydrogen-bond acceptors (Lipinski definition) is 8. The zero-order chi connectivity index (χ0) is 26.5. The number of para-hydroxylation sites is 2. The minimum Gasteiger partial charge on any atom is -0.495 e. The van der Waals surface area contributed by atoms with E-state index in [1.165, 1.54) is 4.90 Å². The molecule has 0 bridgehead atoms. The summed E-state index contributed by atoms with van der Waals surface area (Å²) in [6, 6.07) is 18.3. The average molecular weight is 531 g/mol. The number of rotatable bonds is 11. The third-order valence-electron chi connectivity index (χ3n) is 6.28. The van der Waals surface area contributed by atoms with Crippen LogP contribution in [-0.2, 0) is 11.2 Å². The maximum absolute atomic E-state index is 13.0. The third-order valence-corrected chi connectivity index (χ3v) is 7.10. The first-order valence-electron chi connectivity index (χ1n) is 12.3. The molecule has 0 saturated carbocycles. The number of anilines is 1. The van der Waals surface area contributed by atoms with Gasteiger partial charge in [0.15, 0.2) is 0 Å². The molecule has 0 atom stereocenters. The highest BCUT2D eigenvalue weighted by molar-refractivity contribution is 7.99. The van der Waals surface area contributed by atoms with Gasteiger partial charge in [0.2, 0.25) is 11.8 Å². The van der Waals surface area contributed by atoms with Gasteiger partial charge in [-0.25, -0.2) is 0 Å². The third kappa shape index (κ3) is 5.40. The molecule has 10 heteroatoms. The van der Waals surface area contributed by atoms with Crippen molar-refractivity contribution in [2.45, 2.75) is 30.9 Å². The normalized spacial score (nSPS) is 12.7. The van der Waals surface area contributed by atoms with Gasteiger partial charge in [0, 0.05) is 29.5 Å². The van der Waals surface area contributed by atoms with Crippen LogP contribution in [0.4, 0.5) is 5.69 Å². The van der Waals surface area contributed by atoms with Gasteiger partial charge in [0.25, 0.3) is 17.0 Å². The Hall–Kier alpha value is -4.18. The molecule has 38 heavy (non-hydrogen) atoms. The number of imide groups is 1. The standard InChI is InChI=1S/C28H26N4O5S/c1-36-22-14-5-4-13-21(22)29-23(33)17-38-28-31-30-24(37-28)15-3-2-6-16-32-26(34)19-11-7-9-18-10-8-12-20(25(18)19)27(32)35/h4-5,7-14H,2-3,6,15-17H2,1H3,(H,29,33). The van der Waals surface area contributed by atoms with Gasteiger partial charge in [-0.05, 0) is 42.5 Å². The number of aromatic nitrogens is 2. The van der Waals surface area contributed by atoms with Gasteiger partial charge in [-0.3, -0.25) is 19.3 Å². The summed E-state index contributed by atoms with van der Waals surface area (Å²) in [4.78, 5) is 39.6. The molecule has 0 spiro atoms. The van der Waals surface area contributed by atoms with E-state index in [0.717, 1.165) is 35.4 Å². The predicted molar refractivity (Wildman–Crippen MR) is 144 cm³/mol. The number of aryl methyl sites for hydroxylation is 1. The number of thioether (sulfide) groups is 1. The molecule has 194 valence electrons. The zero-order valence-corrected chi connectivity index (χ0v) is 21.6. The molecule has 1 aromatic heterocycles. The summed E-state index contributed by atoms with van der Waals surface area (Å²) in [6.07, 6.45) is 2.80. The summed E-state index contributed by atoms with van der Waals surface area (Å²) in [5.41, 5.74) is 1.75. The first kappa shape index (κ1) is 25.5. The Morgan fingerprint density at radius 2 is 1.68 bits per heavy atom. The molecule has 0 fully saturated rings. The lowest BCUT2D eigenvalue weighted by Gasteiger charge is -2.27. The topological polar surface area (TPSA) is 115 Å². The molecule has 3 aromatic carbocycles. The molecule has 0 radical (unpaired) electrons. The van der Waals surface area contributed by atoms with Crippen molar-refractivity contribution in [1.29, 1.82) is 0 Å². The van der Waals surface area contributed by atoms with E-state index >= 15 is 0 Å². The van der Waals surface area contributed by atoms with Crippen LogP contribution in [0.2, 0.25) is 0 Å². The van der Waals surface area contributed by atoms with Crippen molar-refractivity contribution < 1.29 is 23.5 Å². The smallest absolute Gasteiger partial charge is 0.277 e. The van der Waals surface area contributed by atoms with Gasteiger partial charge in [0.05, 0.1) is 18.6 Å². The van der Waals surface area contributed by atoms with E-state index in [4.69, 9.17) is 9.15 Å². The first-order chi connectivity index (χ1) is 18.5. The van der Waals surface area contributed by atoms with E-state index in [9.17, 15) is 14.4 Å². The fourth-order valence-electron chi connectivity index (χ4n) is 4.47. The van der Waals surface area contributed by atoms with Crippen LogP contribution in [0.5, 0.6) is 5.75 Å². The van der Waals surface area contributed by atoms with Crippen molar-refractivity contribution in [3.05, 3.63) is 77.7 Å². The number of carbonyl (C=O) groups excluding carboxylic acids is 3. The van der Waals surface area contributed by atoms with Crippen LogP contribution in [0.25, 0.3) is 10.8 Å². The summed E-state index contributed by atoms with van der Waals surface area (Å²) in [5, 5.41) is 12.8. The monoisotopic (exact) mass is 530 g/mol. The lowest BCUT2D eigenvalue weighted by atomic mass is 9.94. The van der Waals surface area contributed by atoms with Gasteiger partial charge >= 0.3 is 0 Å². The minimum atomic E-state index is -0.243. The Morgan fingerprint density at radius 1 is 0.947 bits per heavy atom. The van der Waals surface area contributed by atoms with Crippen molar-refractivity contribution >= 4 is 45.9 Å². The second kappa shape index (κ2) is 11.5. The molecule has 9 nitrogen and oxygen atoms in total. The Bertz CT molecular complexity index is 1450. The van der Waals surface area contributed by atoms with Crippen LogP contribution in [0.15, 0.2) is 70.3 Å². The average Bonchev–Trinajstić information content (AvgIpc) is 3.40. The van der Waals surface area contributed by atoms with Crippen LogP contribution < -0.4 is 10.1 Å². The van der Waals surface area contributed by atoms with Crippen LogP contribution >= 0.6 is 11.8 Å². The maximum atomic E-state index is 13.0. The number of amides is 3. The van der Waals surface area contributed by atoms with Crippen molar-refractivity contribution in [3.63, 3.8) is 0 Å². The number of hydrogen-bond donors (Lipinski definition) is 1. The summed E-state index contributed by atoms with van der Waals surface area (Å²) < 4.78 is 10.9. The summed E-state index contributed by atoms with van der Waals surface area (Å²) >= 11 is 1.16. The molecule has 3 amide bonds. The lowest BCUT2D eigenvalue weighted by molar-refractivity contribution is -0.113. The van der Waals surface area contributed by atoms with E-state index < -0.39 is 0 Å². The molecule has 1 aliphatic rings. The van der Waals surface area contributed by atoms with Crippen LogP contribution in [0.1, 0.15) is 45.9 Å². The Labute approximate surface area is 223 Å². The number of nitrogens with one attached hydrogen (secondary N) is 1. The van der Waals surface area contributed by atoms with Crippen LogP contribution in [0.3, 0.4) is 0 Å². The molecule has 1 N–H and O–H groups in total. The van der Waals surface area contributed by atoms with E-state index in [1.54, 1.807) is 31.4 Å². The van der Waals surface area contributed by atoms with Gasteiger partial charge in [0.1, 0.15) is 5.75 Å². The second-order valence-corrected chi connectivity index (χ2v) is 9.71. The van der Waals surface area contributed by atoms with E-state index in [1.807, 2.05) is 36.4 Å². The van der Waals surface area contributed by atoms with Gasteiger partial charge in [-0.2, -0.15) is 0 Å². The number of unbranched alkanes of at least 4 members (excludes halogenated alkanes) is 2. The van der Waals surface area contributed by atoms with Crippen LogP contribution in [-0.4, -0.2) is 52.2 Å². The Kier molecular flexibility index (Phi) is 7.69. The molecular weight excluding hydrogens is 504 g/mol. The number of benzene rings is 3. The summed E-state index contributed by atoms with van der Waals surface area (Å²) in [6.45, 7) is 0.356. The minimum absolute atomic E-state index is 0.119. The molecule has 2 heterocycles. The quantitative estimate of drug-likeness (QED) is 0.164. The molecule has 0 aliphatic carbocycles. The Balaban J connectivity index is 1.06. The highest BCUT2D eigenvalue weighted by Gasteiger charge is 2.32. The zero-order valence-electron chi connectivity index (χ0n) is 20.8.